The SMILES string of the molecule is COc1ccc([C@@H](CNC(=O)COc2ccc(Br)cc2)N2CCCC2)cc1. The standard InChI is InChI=1S/C21H25BrN2O3/c1-26-18-8-4-16(5-9-18)20(24-12-2-3-13-24)14-23-21(25)15-27-19-10-6-17(22)7-11-19/h4-11,20H,2-3,12-15H2,1H3,(H,23,25)/t20-/m1/s1. The quantitative estimate of drug-likeness (QED) is 0.689. The first-order valence-corrected chi connectivity index (χ1v) is 9.98. The Balaban J connectivity index is 1.56. The van der Waals surface area contributed by atoms with Crippen molar-refractivity contribution in [3.63, 3.8) is 0 Å². The molecule has 0 saturated carbocycles. The van der Waals surface area contributed by atoms with E-state index in [1.54, 1.807) is 7.11 Å². The van der Waals surface area contributed by atoms with E-state index in [0.29, 0.717) is 12.3 Å². The lowest BCUT2D eigenvalue weighted by molar-refractivity contribution is -0.123. The van der Waals surface area contributed by atoms with Gasteiger partial charge in [-0.3, -0.25) is 9.69 Å². The highest BCUT2D eigenvalue weighted by Gasteiger charge is 2.24. The van der Waals surface area contributed by atoms with E-state index in [0.717, 1.165) is 23.3 Å². The van der Waals surface area contributed by atoms with Gasteiger partial charge in [0.05, 0.1) is 13.2 Å². The van der Waals surface area contributed by atoms with Gasteiger partial charge in [0.1, 0.15) is 11.5 Å². The van der Waals surface area contributed by atoms with Crippen LogP contribution in [0.25, 0.3) is 0 Å². The minimum absolute atomic E-state index is 0.0109. The third kappa shape index (κ3) is 5.71. The lowest BCUT2D eigenvalue weighted by Crippen LogP contribution is -2.38. The first kappa shape index (κ1) is 19.7. The highest BCUT2D eigenvalue weighted by Crippen LogP contribution is 2.26. The zero-order valence-corrected chi connectivity index (χ0v) is 17.1. The smallest absolute Gasteiger partial charge is 0.258 e. The average Bonchev–Trinajstić information content (AvgIpc) is 3.23. The second-order valence-electron chi connectivity index (χ2n) is 6.58. The Bertz CT molecular complexity index is 728. The van der Waals surface area contributed by atoms with Crippen LogP contribution < -0.4 is 14.8 Å². The van der Waals surface area contributed by atoms with Crippen molar-refractivity contribution in [3.05, 3.63) is 58.6 Å². The van der Waals surface area contributed by atoms with Crippen LogP contribution in [0.5, 0.6) is 11.5 Å². The summed E-state index contributed by atoms with van der Waals surface area (Å²) >= 11 is 3.38. The number of methoxy groups -OCH3 is 1. The second-order valence-corrected chi connectivity index (χ2v) is 7.49. The molecule has 0 bridgehead atoms. The number of nitrogens with zero attached hydrogens (tertiary/aromatic N) is 1. The minimum Gasteiger partial charge on any atom is -0.497 e. The number of carbonyl (C=O) groups excluding carboxylic acids is 1. The Morgan fingerprint density at radius 2 is 1.70 bits per heavy atom. The van der Waals surface area contributed by atoms with Gasteiger partial charge in [0.2, 0.25) is 0 Å². The summed E-state index contributed by atoms with van der Waals surface area (Å²) in [6.07, 6.45) is 2.40. The fraction of sp³-hybridized carbons (Fsp3) is 0.381. The highest BCUT2D eigenvalue weighted by atomic mass is 79.9. The van der Waals surface area contributed by atoms with Gasteiger partial charge in [-0.25, -0.2) is 0 Å². The predicted octanol–water partition coefficient (Wildman–Crippen LogP) is 3.79. The second kappa shape index (κ2) is 9.76. The molecule has 3 rings (SSSR count). The van der Waals surface area contributed by atoms with E-state index in [2.05, 4.69) is 38.3 Å². The van der Waals surface area contributed by atoms with E-state index in [1.807, 2.05) is 36.4 Å². The van der Waals surface area contributed by atoms with Crippen LogP contribution in [0.4, 0.5) is 0 Å². The molecule has 6 heteroatoms. The number of likely N-dealkylation sites (tertiary alicyclic amines) is 1. The molecule has 0 aromatic heterocycles. The van der Waals surface area contributed by atoms with E-state index < -0.39 is 0 Å². The molecule has 1 atom stereocenters. The summed E-state index contributed by atoms with van der Waals surface area (Å²) in [7, 11) is 1.67. The van der Waals surface area contributed by atoms with E-state index in [9.17, 15) is 4.79 Å². The number of nitrogens with one attached hydrogen (secondary N) is 1. The van der Waals surface area contributed by atoms with Crippen LogP contribution in [0.3, 0.4) is 0 Å². The van der Waals surface area contributed by atoms with Crippen molar-refractivity contribution in [2.24, 2.45) is 0 Å². The molecule has 5 nitrogen and oxygen atoms in total. The van der Waals surface area contributed by atoms with Crippen molar-refractivity contribution in [1.82, 2.24) is 10.2 Å². The summed E-state index contributed by atoms with van der Waals surface area (Å²) < 4.78 is 11.8. The van der Waals surface area contributed by atoms with Crippen LogP contribution in [0.2, 0.25) is 0 Å². The third-order valence-corrected chi connectivity index (χ3v) is 5.29. The maximum atomic E-state index is 12.3. The normalized spacial score (nSPS) is 15.3. The lowest BCUT2D eigenvalue weighted by Gasteiger charge is -2.28. The Hall–Kier alpha value is -2.05. The summed E-state index contributed by atoms with van der Waals surface area (Å²) in [5, 5.41) is 3.02. The first-order valence-electron chi connectivity index (χ1n) is 9.19. The zero-order chi connectivity index (χ0) is 19.1. The minimum atomic E-state index is -0.115. The molecule has 1 aliphatic rings. The van der Waals surface area contributed by atoms with Crippen molar-refractivity contribution >= 4 is 21.8 Å². The fourth-order valence-electron chi connectivity index (χ4n) is 3.28. The summed E-state index contributed by atoms with van der Waals surface area (Å²) in [6.45, 7) is 2.69. The molecule has 1 heterocycles. The van der Waals surface area contributed by atoms with Crippen LogP contribution >= 0.6 is 15.9 Å². The van der Waals surface area contributed by atoms with Gasteiger partial charge in [-0.1, -0.05) is 28.1 Å². The number of amides is 1. The van der Waals surface area contributed by atoms with E-state index >= 15 is 0 Å². The Morgan fingerprint density at radius 3 is 2.33 bits per heavy atom. The topological polar surface area (TPSA) is 50.8 Å². The van der Waals surface area contributed by atoms with Gasteiger partial charge in [0.25, 0.3) is 5.91 Å². The summed E-state index contributed by atoms with van der Waals surface area (Å²) in [6, 6.07) is 15.7. The Kier molecular flexibility index (Phi) is 7.12. The lowest BCUT2D eigenvalue weighted by atomic mass is 10.1. The van der Waals surface area contributed by atoms with Gasteiger partial charge in [-0.05, 0) is 67.9 Å². The zero-order valence-electron chi connectivity index (χ0n) is 15.5. The van der Waals surface area contributed by atoms with Gasteiger partial charge in [0, 0.05) is 11.0 Å². The molecule has 0 aliphatic carbocycles. The third-order valence-electron chi connectivity index (χ3n) is 4.76. The monoisotopic (exact) mass is 432 g/mol. The molecule has 0 unspecified atom stereocenters. The van der Waals surface area contributed by atoms with Crippen LogP contribution in [-0.2, 0) is 4.79 Å². The van der Waals surface area contributed by atoms with Crippen molar-refractivity contribution in [2.75, 3.05) is 33.4 Å². The van der Waals surface area contributed by atoms with Gasteiger partial charge in [-0.15, -0.1) is 0 Å². The van der Waals surface area contributed by atoms with Crippen LogP contribution in [0.15, 0.2) is 53.0 Å². The van der Waals surface area contributed by atoms with Gasteiger partial charge in [-0.2, -0.15) is 0 Å². The maximum Gasteiger partial charge on any atom is 0.258 e. The van der Waals surface area contributed by atoms with Gasteiger partial charge in [0.15, 0.2) is 6.61 Å². The molecule has 0 radical (unpaired) electrons. The van der Waals surface area contributed by atoms with Crippen molar-refractivity contribution in [3.8, 4) is 11.5 Å². The molecular weight excluding hydrogens is 408 g/mol. The van der Waals surface area contributed by atoms with Gasteiger partial charge >= 0.3 is 0 Å². The first-order chi connectivity index (χ1) is 13.2. The Labute approximate surface area is 168 Å². The van der Waals surface area contributed by atoms with Crippen LogP contribution in [0, 0.1) is 0 Å². The Morgan fingerprint density at radius 1 is 1.07 bits per heavy atom. The number of halogens is 1. The molecule has 2 aromatic carbocycles. The molecule has 1 fully saturated rings. The average molecular weight is 433 g/mol. The van der Waals surface area contributed by atoms with Gasteiger partial charge < -0.3 is 14.8 Å². The molecule has 0 spiro atoms. The molecule has 27 heavy (non-hydrogen) atoms. The van der Waals surface area contributed by atoms with Crippen LogP contribution in [0.1, 0.15) is 24.4 Å². The predicted molar refractivity (Wildman–Crippen MR) is 109 cm³/mol. The molecule has 1 aliphatic heterocycles. The summed E-state index contributed by atoms with van der Waals surface area (Å²) in [4.78, 5) is 14.7. The van der Waals surface area contributed by atoms with E-state index in [-0.39, 0.29) is 18.6 Å². The van der Waals surface area contributed by atoms with Crippen molar-refractivity contribution in [2.45, 2.75) is 18.9 Å². The van der Waals surface area contributed by atoms with Crippen molar-refractivity contribution < 1.29 is 14.3 Å². The molecule has 144 valence electrons. The van der Waals surface area contributed by atoms with E-state index in [1.165, 1.54) is 18.4 Å². The summed E-state index contributed by atoms with van der Waals surface area (Å²) in [5.74, 6) is 1.40. The molecule has 1 amide bonds. The molecule has 1 N–H and O–H groups in total. The molecular formula is C21H25BrN2O3. The molecule has 2 aromatic rings. The van der Waals surface area contributed by atoms with Crippen LogP contribution in [-0.4, -0.2) is 44.2 Å². The molecule has 1 saturated heterocycles. The number of carbonyl (C=O) groups is 1. The summed E-state index contributed by atoms with van der Waals surface area (Å²) in [5.41, 5.74) is 1.19. The highest BCUT2D eigenvalue weighted by molar-refractivity contribution is 9.10. The number of ether oxygens (including phenoxy) is 2. The number of benzene rings is 2. The number of rotatable bonds is 8. The maximum absolute atomic E-state index is 12.3. The van der Waals surface area contributed by atoms with Crippen molar-refractivity contribution in [1.29, 1.82) is 0 Å². The fourth-order valence-corrected chi connectivity index (χ4v) is 3.54. The number of hydrogen-bond donors (Lipinski definition) is 1. The van der Waals surface area contributed by atoms with E-state index in [4.69, 9.17) is 9.47 Å². The number of hydrogen-bond acceptors (Lipinski definition) is 4. The largest absolute Gasteiger partial charge is 0.497 e.